The molecule has 0 saturated heterocycles. The van der Waals surface area contributed by atoms with E-state index in [1.807, 2.05) is 0 Å². The molecule has 0 atom stereocenters. The monoisotopic (exact) mass is 386 g/mol. The summed E-state index contributed by atoms with van der Waals surface area (Å²) in [5, 5.41) is 0. The summed E-state index contributed by atoms with van der Waals surface area (Å²) >= 11 is 0. The minimum atomic E-state index is -5.17. The van der Waals surface area contributed by atoms with Crippen molar-refractivity contribution < 1.29 is 160 Å². The van der Waals surface area contributed by atoms with Gasteiger partial charge < -0.3 is 14.6 Å². The Hall–Kier alpha value is 2.84. The summed E-state index contributed by atoms with van der Waals surface area (Å²) in [6.07, 6.45) is 0. The third-order valence-corrected chi connectivity index (χ3v) is 0.766. The van der Waals surface area contributed by atoms with Crippen LogP contribution in [0.3, 0.4) is 0 Å². The van der Waals surface area contributed by atoms with Crippen molar-refractivity contribution >= 4 is 31.2 Å². The first-order chi connectivity index (χ1) is 6.21. The zero-order chi connectivity index (χ0) is 12.9. The molecular weight excluding hydrogens is 382 g/mol. The first-order valence-electron chi connectivity index (χ1n) is 2.20. The molecule has 0 heterocycles. The molecule has 0 aliphatic rings. The average molecular weight is 386 g/mol. The minimum Gasteiger partial charge on any atom is -0.759 e. The zero-order valence-electron chi connectivity index (χ0n) is 8.70. The summed E-state index contributed by atoms with van der Waals surface area (Å²) in [7, 11) is -15.2. The summed E-state index contributed by atoms with van der Waals surface area (Å²) < 4.78 is 93.0. The molecule has 18 heteroatoms. The van der Waals surface area contributed by atoms with Crippen molar-refractivity contribution in [1.82, 2.24) is 0 Å². The van der Waals surface area contributed by atoms with Gasteiger partial charge in [-0.25, -0.2) is 0 Å². The second-order valence-corrected chi connectivity index (χ2v) is 4.20. The van der Waals surface area contributed by atoms with Gasteiger partial charge >= 0.3 is 124 Å². The van der Waals surface area contributed by atoms with Crippen LogP contribution in [0.15, 0.2) is 0 Å². The molecule has 102 valence electrons. The Morgan fingerprint density at radius 3 is 0.889 bits per heavy atom. The minimum absolute atomic E-state index is 0. The number of rotatable bonds is 3. The first-order valence-corrected chi connectivity index (χ1v) is 6.26. The Bertz CT molecular complexity index is 424. The average Bonchev–Trinajstić information content (AvgIpc) is 1.76. The first kappa shape index (κ1) is 32.7. The van der Waals surface area contributed by atoms with Gasteiger partial charge in [-0.05, 0) is 0 Å². The van der Waals surface area contributed by atoms with Gasteiger partial charge in [0.1, 0.15) is 0 Å². The van der Waals surface area contributed by atoms with Gasteiger partial charge in [-0.1, -0.05) is 8.67 Å². The summed E-state index contributed by atoms with van der Waals surface area (Å²) in [6, 6.07) is 0. The van der Waals surface area contributed by atoms with Gasteiger partial charge in [0.05, 0.1) is 0 Å². The summed E-state index contributed by atoms with van der Waals surface area (Å²) in [4.78, 5) is 0. The van der Waals surface area contributed by atoms with Crippen LogP contribution in [-0.2, 0) is 39.9 Å². The van der Waals surface area contributed by atoms with E-state index in [1.54, 1.807) is 0 Å². The van der Waals surface area contributed by atoms with Crippen LogP contribution in [0.1, 0.15) is 0 Å². The third-order valence-electron chi connectivity index (χ3n) is 0.200. The van der Waals surface area contributed by atoms with E-state index in [2.05, 4.69) is 8.67 Å². The largest absolute Gasteiger partial charge is 1.00 e. The molecule has 0 unspecified atom stereocenters. The van der Waals surface area contributed by atoms with E-state index in [9.17, 15) is 16.8 Å². The van der Waals surface area contributed by atoms with Gasteiger partial charge in [-0.2, -0.15) is 16.8 Å². The van der Waals surface area contributed by atoms with Crippen molar-refractivity contribution in [3.8, 4) is 0 Å². The van der Waals surface area contributed by atoms with Gasteiger partial charge in [-0.3, -0.25) is 17.5 Å². The smallest absolute Gasteiger partial charge is 0.759 e. The molecule has 0 rings (SSSR count). The number of hydrogen-bond acceptors (Lipinski definition) is 10. The molecule has 0 aromatic heterocycles. The Morgan fingerprint density at radius 1 is 0.722 bits per heavy atom. The van der Waals surface area contributed by atoms with Crippen LogP contribution in [-0.4, -0.2) is 48.9 Å². The Morgan fingerprint density at radius 2 is 0.833 bits per heavy atom. The van der Waals surface area contributed by atoms with E-state index >= 15 is 0 Å². The Labute approximate surface area is 187 Å². The molecule has 0 radical (unpaired) electrons. The third kappa shape index (κ3) is 61.9. The second kappa shape index (κ2) is 13.5. The van der Waals surface area contributed by atoms with E-state index in [4.69, 9.17) is 26.6 Å². The fourth-order valence-electron chi connectivity index (χ4n) is 0.0702. The number of hydrogen-bond donors (Lipinski definition) is 2. The van der Waals surface area contributed by atoms with Crippen molar-refractivity contribution in [2.45, 2.75) is 0 Å². The predicted octanol–water partition coefficient (Wildman–Crippen LogP) is -9.61. The van der Waals surface area contributed by atoms with Crippen molar-refractivity contribution in [2.75, 3.05) is 0 Å². The quantitative estimate of drug-likeness (QED) is 0.151. The van der Waals surface area contributed by atoms with Crippen LogP contribution < -0.4 is 103 Å². The summed E-state index contributed by atoms with van der Waals surface area (Å²) in [5.41, 5.74) is 0. The van der Waals surface area contributed by atoms with E-state index in [1.165, 1.54) is 0 Å². The summed E-state index contributed by atoms with van der Waals surface area (Å²) in [6.45, 7) is 0. The maximum Gasteiger partial charge on any atom is 1.00 e. The molecule has 0 bridgehead atoms. The molecule has 0 aromatic rings. The van der Waals surface area contributed by atoms with Crippen LogP contribution in [0.4, 0.5) is 0 Å². The van der Waals surface area contributed by atoms with Crippen LogP contribution in [0.5, 0.6) is 0 Å². The van der Waals surface area contributed by atoms with Crippen molar-refractivity contribution in [2.24, 2.45) is 0 Å². The van der Waals surface area contributed by atoms with Crippen molar-refractivity contribution in [1.29, 1.82) is 0 Å². The van der Waals surface area contributed by atoms with Gasteiger partial charge in [0.2, 0.25) is 0 Å². The molecule has 0 fully saturated rings. The maximum absolute atomic E-state index is 9.51. The molecule has 0 amide bonds. The SMILES string of the molecule is O.O=S(=O)(O)OOS(=O)(=O)O.O=S(=O)([O-])[O-].[K+].[K+]. The predicted molar refractivity (Wildman–Crippen MR) is 39.4 cm³/mol. The second-order valence-electron chi connectivity index (χ2n) is 1.40. The molecule has 18 heavy (non-hydrogen) atoms. The van der Waals surface area contributed by atoms with Crippen LogP contribution in [0.25, 0.3) is 0 Å². The van der Waals surface area contributed by atoms with Crippen molar-refractivity contribution in [3.05, 3.63) is 0 Å². The van der Waals surface area contributed by atoms with Gasteiger partial charge in [-0.15, -0.1) is 0 Å². The van der Waals surface area contributed by atoms with Gasteiger partial charge in [0.15, 0.2) is 0 Å². The Balaban J connectivity index is -0.0000000621. The van der Waals surface area contributed by atoms with E-state index in [0.717, 1.165) is 0 Å². The van der Waals surface area contributed by atoms with Crippen molar-refractivity contribution in [3.63, 3.8) is 0 Å². The van der Waals surface area contributed by atoms with Gasteiger partial charge in [0, 0.05) is 10.4 Å². The zero-order valence-corrected chi connectivity index (χ0v) is 17.4. The van der Waals surface area contributed by atoms with E-state index in [-0.39, 0.29) is 108 Å². The summed E-state index contributed by atoms with van der Waals surface area (Å²) in [5.74, 6) is 0. The topological polar surface area (TPSA) is 239 Å². The molecule has 0 aromatic carbocycles. The van der Waals surface area contributed by atoms with Crippen LogP contribution in [0, 0.1) is 0 Å². The normalized spacial score (nSPS) is 10.7. The Kier molecular flexibility index (Phi) is 24.5. The molecule has 4 N–H and O–H groups in total. The molecule has 0 aliphatic heterocycles. The maximum atomic E-state index is 9.51. The molecule has 13 nitrogen and oxygen atoms in total. The fourth-order valence-corrected chi connectivity index (χ4v) is 0.632. The van der Waals surface area contributed by atoms with Crippen LogP contribution in [0.2, 0.25) is 0 Å². The van der Waals surface area contributed by atoms with Crippen LogP contribution >= 0.6 is 0 Å². The fraction of sp³-hybridized carbons (Fsp3) is 0. The van der Waals surface area contributed by atoms with Gasteiger partial charge in [0.25, 0.3) is 0 Å². The molecular formula is H4K2O13S3. The molecule has 0 saturated carbocycles. The molecule has 0 aliphatic carbocycles. The van der Waals surface area contributed by atoms with E-state index < -0.39 is 31.2 Å². The standard InChI is InChI=1S/2K.H2O8S2.H2O4S.H2O/c;;1-9(2,3)7-8-10(4,5)6;1-5(2,3)4;/h;;(H,1,2,3)(H,4,5,6);(H2,1,2,3,4);1H2/q2*+1;;;/p-2. The molecule has 0 spiro atoms. The van der Waals surface area contributed by atoms with E-state index in [0.29, 0.717) is 0 Å².